The molecular formula is C17H25N3O. The Morgan fingerprint density at radius 2 is 1.76 bits per heavy atom. The topological polar surface area (TPSA) is 35.6 Å². The minimum Gasteiger partial charge on any atom is -0.381 e. The maximum Gasteiger partial charge on any atom is 0.219 e. The highest BCUT2D eigenvalue weighted by Crippen LogP contribution is 2.30. The van der Waals surface area contributed by atoms with Crippen LogP contribution in [0.4, 0.5) is 11.4 Å². The second-order valence-electron chi connectivity index (χ2n) is 6.14. The second kappa shape index (κ2) is 6.37. The normalized spacial score (nSPS) is 19.9. The van der Waals surface area contributed by atoms with Gasteiger partial charge in [-0.05, 0) is 37.8 Å². The maximum atomic E-state index is 11.4. The third-order valence-electron chi connectivity index (χ3n) is 4.65. The maximum absolute atomic E-state index is 11.4. The van der Waals surface area contributed by atoms with Gasteiger partial charge in [-0.15, -0.1) is 0 Å². The van der Waals surface area contributed by atoms with Crippen LogP contribution in [-0.2, 0) is 4.79 Å². The number of para-hydroxylation sites is 2. The highest BCUT2D eigenvalue weighted by atomic mass is 16.2. The lowest BCUT2D eigenvalue weighted by molar-refractivity contribution is -0.129. The van der Waals surface area contributed by atoms with Crippen LogP contribution >= 0.6 is 0 Å². The Balaban J connectivity index is 1.64. The van der Waals surface area contributed by atoms with Crippen LogP contribution in [0.2, 0.25) is 0 Å². The van der Waals surface area contributed by atoms with Crippen molar-refractivity contribution in [1.29, 1.82) is 0 Å². The number of nitrogens with one attached hydrogen (secondary N) is 1. The summed E-state index contributed by atoms with van der Waals surface area (Å²) in [6.45, 7) is 5.75. The van der Waals surface area contributed by atoms with E-state index in [1.807, 2.05) is 4.90 Å². The van der Waals surface area contributed by atoms with E-state index in [0.29, 0.717) is 6.04 Å². The average Bonchev–Trinajstić information content (AvgIpc) is 3.02. The second-order valence-corrected chi connectivity index (χ2v) is 6.14. The average molecular weight is 287 g/mol. The van der Waals surface area contributed by atoms with Gasteiger partial charge in [0.05, 0.1) is 11.4 Å². The standard InChI is InChI=1S/C17H25N3O/c1-14(21)19-12-8-15(9-13-19)18-16-6-2-3-7-17(16)20-10-4-5-11-20/h2-3,6-7,15,18H,4-5,8-13H2,1H3. The summed E-state index contributed by atoms with van der Waals surface area (Å²) in [5, 5.41) is 3.71. The molecule has 0 aromatic heterocycles. The first-order chi connectivity index (χ1) is 10.2. The Labute approximate surface area is 127 Å². The van der Waals surface area contributed by atoms with Gasteiger partial charge in [0.15, 0.2) is 0 Å². The summed E-state index contributed by atoms with van der Waals surface area (Å²) in [5.74, 6) is 0.200. The van der Waals surface area contributed by atoms with E-state index < -0.39 is 0 Å². The molecule has 4 heteroatoms. The summed E-state index contributed by atoms with van der Waals surface area (Å²) < 4.78 is 0. The number of anilines is 2. The summed E-state index contributed by atoms with van der Waals surface area (Å²) >= 11 is 0. The molecule has 2 fully saturated rings. The van der Waals surface area contributed by atoms with Crippen LogP contribution in [0.25, 0.3) is 0 Å². The summed E-state index contributed by atoms with van der Waals surface area (Å²) in [6.07, 6.45) is 4.67. The van der Waals surface area contributed by atoms with Crippen LogP contribution in [-0.4, -0.2) is 43.0 Å². The molecule has 0 aliphatic carbocycles. The molecule has 1 aromatic rings. The molecule has 1 N–H and O–H groups in total. The van der Waals surface area contributed by atoms with E-state index in [2.05, 4.69) is 34.5 Å². The van der Waals surface area contributed by atoms with Crippen LogP contribution < -0.4 is 10.2 Å². The summed E-state index contributed by atoms with van der Waals surface area (Å²) in [5.41, 5.74) is 2.59. The third-order valence-corrected chi connectivity index (χ3v) is 4.65. The number of nitrogens with zero attached hydrogens (tertiary/aromatic N) is 2. The molecule has 21 heavy (non-hydrogen) atoms. The Bertz CT molecular complexity index is 489. The molecule has 4 nitrogen and oxygen atoms in total. The van der Waals surface area contributed by atoms with Crippen molar-refractivity contribution in [2.45, 2.75) is 38.6 Å². The molecule has 2 aliphatic heterocycles. The van der Waals surface area contributed by atoms with Gasteiger partial charge in [0.1, 0.15) is 0 Å². The lowest BCUT2D eigenvalue weighted by Crippen LogP contribution is -2.41. The minimum atomic E-state index is 0.200. The van der Waals surface area contributed by atoms with Crippen molar-refractivity contribution in [2.75, 3.05) is 36.4 Å². The lowest BCUT2D eigenvalue weighted by atomic mass is 10.0. The van der Waals surface area contributed by atoms with Gasteiger partial charge in [-0.25, -0.2) is 0 Å². The number of piperidine rings is 1. The van der Waals surface area contributed by atoms with Gasteiger partial charge in [0.25, 0.3) is 0 Å². The van der Waals surface area contributed by atoms with E-state index in [-0.39, 0.29) is 5.91 Å². The van der Waals surface area contributed by atoms with Gasteiger partial charge in [0, 0.05) is 39.1 Å². The molecule has 0 atom stereocenters. The molecule has 1 aromatic carbocycles. The number of hydrogen-bond acceptors (Lipinski definition) is 3. The summed E-state index contributed by atoms with van der Waals surface area (Å²) in [4.78, 5) is 15.8. The Morgan fingerprint density at radius 1 is 1.10 bits per heavy atom. The van der Waals surface area contributed by atoms with Crippen molar-refractivity contribution in [2.24, 2.45) is 0 Å². The van der Waals surface area contributed by atoms with Crippen LogP contribution in [0, 0.1) is 0 Å². The molecule has 0 bridgehead atoms. The Kier molecular flexibility index (Phi) is 4.32. The zero-order valence-corrected chi connectivity index (χ0v) is 12.8. The van der Waals surface area contributed by atoms with Crippen molar-refractivity contribution < 1.29 is 4.79 Å². The van der Waals surface area contributed by atoms with Crippen LogP contribution in [0.15, 0.2) is 24.3 Å². The van der Waals surface area contributed by atoms with E-state index in [1.165, 1.54) is 37.3 Å². The third kappa shape index (κ3) is 3.31. The van der Waals surface area contributed by atoms with Gasteiger partial charge in [-0.3, -0.25) is 4.79 Å². The molecule has 0 unspecified atom stereocenters. The first-order valence-corrected chi connectivity index (χ1v) is 8.10. The van der Waals surface area contributed by atoms with Crippen molar-refractivity contribution >= 4 is 17.3 Å². The van der Waals surface area contributed by atoms with Crippen LogP contribution in [0.1, 0.15) is 32.6 Å². The van der Waals surface area contributed by atoms with E-state index in [9.17, 15) is 4.79 Å². The molecule has 2 heterocycles. The Morgan fingerprint density at radius 3 is 2.43 bits per heavy atom. The first-order valence-electron chi connectivity index (χ1n) is 8.10. The fraction of sp³-hybridized carbons (Fsp3) is 0.588. The van der Waals surface area contributed by atoms with Gasteiger partial charge < -0.3 is 15.1 Å². The zero-order chi connectivity index (χ0) is 14.7. The van der Waals surface area contributed by atoms with Gasteiger partial charge >= 0.3 is 0 Å². The number of amides is 1. The molecule has 3 rings (SSSR count). The minimum absolute atomic E-state index is 0.200. The molecular weight excluding hydrogens is 262 g/mol. The zero-order valence-electron chi connectivity index (χ0n) is 12.8. The SMILES string of the molecule is CC(=O)N1CCC(Nc2ccccc2N2CCCC2)CC1. The fourth-order valence-corrected chi connectivity index (χ4v) is 3.39. The molecule has 114 valence electrons. The smallest absolute Gasteiger partial charge is 0.219 e. The van der Waals surface area contributed by atoms with E-state index in [4.69, 9.17) is 0 Å². The van der Waals surface area contributed by atoms with E-state index in [0.717, 1.165) is 25.9 Å². The monoisotopic (exact) mass is 287 g/mol. The number of hydrogen-bond donors (Lipinski definition) is 1. The number of benzene rings is 1. The van der Waals surface area contributed by atoms with E-state index >= 15 is 0 Å². The van der Waals surface area contributed by atoms with Crippen molar-refractivity contribution in [3.63, 3.8) is 0 Å². The van der Waals surface area contributed by atoms with E-state index in [1.54, 1.807) is 6.92 Å². The van der Waals surface area contributed by atoms with Crippen molar-refractivity contribution in [3.05, 3.63) is 24.3 Å². The Hall–Kier alpha value is -1.71. The lowest BCUT2D eigenvalue weighted by Gasteiger charge is -2.33. The van der Waals surface area contributed by atoms with Crippen molar-refractivity contribution in [3.8, 4) is 0 Å². The van der Waals surface area contributed by atoms with Gasteiger partial charge in [-0.2, -0.15) is 0 Å². The fourth-order valence-electron chi connectivity index (χ4n) is 3.39. The number of rotatable bonds is 3. The highest BCUT2D eigenvalue weighted by Gasteiger charge is 2.22. The summed E-state index contributed by atoms with van der Waals surface area (Å²) in [7, 11) is 0. The quantitative estimate of drug-likeness (QED) is 0.928. The summed E-state index contributed by atoms with van der Waals surface area (Å²) in [6, 6.07) is 9.11. The van der Waals surface area contributed by atoms with Crippen molar-refractivity contribution in [1.82, 2.24) is 4.90 Å². The molecule has 0 radical (unpaired) electrons. The molecule has 1 amide bonds. The molecule has 0 saturated carbocycles. The first kappa shape index (κ1) is 14.2. The van der Waals surface area contributed by atoms with Crippen LogP contribution in [0.3, 0.4) is 0 Å². The number of carbonyl (C=O) groups is 1. The van der Waals surface area contributed by atoms with Crippen LogP contribution in [0.5, 0.6) is 0 Å². The van der Waals surface area contributed by atoms with Gasteiger partial charge in [-0.1, -0.05) is 12.1 Å². The predicted octanol–water partition coefficient (Wildman–Crippen LogP) is 2.71. The molecule has 2 saturated heterocycles. The van der Waals surface area contributed by atoms with Gasteiger partial charge in [0.2, 0.25) is 5.91 Å². The predicted molar refractivity (Wildman–Crippen MR) is 86.8 cm³/mol. The highest BCUT2D eigenvalue weighted by molar-refractivity contribution is 5.73. The molecule has 0 spiro atoms. The largest absolute Gasteiger partial charge is 0.381 e. The molecule has 2 aliphatic rings. The number of likely N-dealkylation sites (tertiary alicyclic amines) is 1. The number of carbonyl (C=O) groups excluding carboxylic acids is 1.